The molecule has 106 valence electrons. The van der Waals surface area contributed by atoms with Crippen LogP contribution in [0.3, 0.4) is 0 Å². The summed E-state index contributed by atoms with van der Waals surface area (Å²) in [5, 5.41) is 12.1. The molecular weight excluding hydrogens is 244 g/mol. The van der Waals surface area contributed by atoms with Crippen LogP contribution < -0.4 is 5.32 Å². The van der Waals surface area contributed by atoms with E-state index in [0.717, 1.165) is 12.8 Å². The monoisotopic (exact) mass is 266 g/mol. The molecular formula is C14H22N2O3. The van der Waals surface area contributed by atoms with Gasteiger partial charge < -0.3 is 15.3 Å². The van der Waals surface area contributed by atoms with Gasteiger partial charge in [-0.15, -0.1) is 6.42 Å². The number of nitrogens with zero attached hydrogens (tertiary/aromatic N) is 1. The summed E-state index contributed by atoms with van der Waals surface area (Å²) >= 11 is 0. The molecule has 1 aliphatic rings. The Kier molecular flexibility index (Phi) is 5.22. The first kappa shape index (κ1) is 15.4. The Morgan fingerprint density at radius 2 is 2.26 bits per heavy atom. The highest BCUT2D eigenvalue weighted by Crippen LogP contribution is 2.38. The fourth-order valence-corrected chi connectivity index (χ4v) is 2.53. The van der Waals surface area contributed by atoms with Crippen LogP contribution in [0.1, 0.15) is 39.5 Å². The second-order valence-electron chi connectivity index (χ2n) is 5.24. The fraction of sp³-hybridized carbons (Fsp3) is 0.714. The number of carboxylic acid groups (broad SMARTS) is 1. The molecule has 2 atom stereocenters. The van der Waals surface area contributed by atoms with E-state index in [1.165, 1.54) is 0 Å². The highest BCUT2D eigenvalue weighted by atomic mass is 16.4. The van der Waals surface area contributed by atoms with E-state index in [9.17, 15) is 14.7 Å². The first-order chi connectivity index (χ1) is 8.95. The highest BCUT2D eigenvalue weighted by Gasteiger charge is 2.46. The molecule has 5 nitrogen and oxygen atoms in total. The maximum Gasteiger partial charge on any atom is 0.318 e. The van der Waals surface area contributed by atoms with Crippen molar-refractivity contribution in [2.75, 3.05) is 13.1 Å². The number of aliphatic carboxylic acids is 1. The molecule has 0 heterocycles. The number of nitrogens with one attached hydrogen (secondary N) is 1. The lowest BCUT2D eigenvalue weighted by Crippen LogP contribution is -2.51. The number of rotatable bonds is 5. The molecule has 0 aromatic carbocycles. The highest BCUT2D eigenvalue weighted by molar-refractivity contribution is 5.79. The quantitative estimate of drug-likeness (QED) is 0.744. The standard InChI is InChI=1S/C14H22N2O3/c1-4-9-16(10-5-2)13(19)15-11-7-6-8-14(11,3)12(17)18/h1,11H,5-10H2,2-3H3,(H,15,19)(H,17,18). The largest absolute Gasteiger partial charge is 0.481 e. The number of hydrogen-bond acceptors (Lipinski definition) is 2. The van der Waals surface area contributed by atoms with Crippen LogP contribution in [0.2, 0.25) is 0 Å². The van der Waals surface area contributed by atoms with Crippen molar-refractivity contribution in [1.82, 2.24) is 10.2 Å². The van der Waals surface area contributed by atoms with Crippen LogP contribution in [-0.4, -0.2) is 41.1 Å². The van der Waals surface area contributed by atoms with E-state index in [2.05, 4.69) is 11.2 Å². The summed E-state index contributed by atoms with van der Waals surface area (Å²) < 4.78 is 0. The number of terminal acetylenes is 1. The predicted molar refractivity (Wildman–Crippen MR) is 72.6 cm³/mol. The summed E-state index contributed by atoms with van der Waals surface area (Å²) in [6, 6.07) is -0.589. The molecule has 2 unspecified atom stereocenters. The molecule has 0 bridgehead atoms. The van der Waals surface area contributed by atoms with Crippen LogP contribution >= 0.6 is 0 Å². The molecule has 0 aromatic rings. The van der Waals surface area contributed by atoms with Crippen molar-refractivity contribution in [3.8, 4) is 12.3 Å². The summed E-state index contributed by atoms with van der Waals surface area (Å²) in [7, 11) is 0. The summed E-state index contributed by atoms with van der Waals surface area (Å²) in [5.41, 5.74) is -0.871. The Hall–Kier alpha value is -1.70. The van der Waals surface area contributed by atoms with E-state index in [0.29, 0.717) is 19.4 Å². The van der Waals surface area contributed by atoms with Crippen molar-refractivity contribution in [2.45, 2.75) is 45.6 Å². The Bertz CT molecular complexity index is 389. The van der Waals surface area contributed by atoms with Crippen molar-refractivity contribution < 1.29 is 14.7 Å². The molecule has 0 aromatic heterocycles. The number of amides is 2. The average Bonchev–Trinajstić information content (AvgIpc) is 2.72. The van der Waals surface area contributed by atoms with Gasteiger partial charge in [-0.25, -0.2) is 4.79 Å². The fourth-order valence-electron chi connectivity index (χ4n) is 2.53. The summed E-state index contributed by atoms with van der Waals surface area (Å²) in [6.07, 6.45) is 8.17. The third-order valence-corrected chi connectivity index (χ3v) is 3.81. The third-order valence-electron chi connectivity index (χ3n) is 3.81. The minimum atomic E-state index is -0.871. The van der Waals surface area contributed by atoms with E-state index in [-0.39, 0.29) is 18.6 Å². The molecule has 1 rings (SSSR count). The molecule has 1 fully saturated rings. The number of carboxylic acids is 1. The van der Waals surface area contributed by atoms with Gasteiger partial charge in [0.05, 0.1) is 12.0 Å². The molecule has 2 N–H and O–H groups in total. The minimum Gasteiger partial charge on any atom is -0.481 e. The van der Waals surface area contributed by atoms with Crippen LogP contribution in [-0.2, 0) is 4.79 Å². The van der Waals surface area contributed by atoms with Crippen LogP contribution in [0.25, 0.3) is 0 Å². The van der Waals surface area contributed by atoms with Gasteiger partial charge in [-0.05, 0) is 26.2 Å². The Morgan fingerprint density at radius 1 is 1.58 bits per heavy atom. The van der Waals surface area contributed by atoms with Crippen LogP contribution in [0.5, 0.6) is 0 Å². The SMILES string of the molecule is C#CCN(CCC)C(=O)NC1CCCC1(C)C(=O)O. The van der Waals surface area contributed by atoms with Crippen molar-refractivity contribution in [3.63, 3.8) is 0 Å². The van der Waals surface area contributed by atoms with E-state index >= 15 is 0 Å². The second-order valence-corrected chi connectivity index (χ2v) is 5.24. The van der Waals surface area contributed by atoms with E-state index < -0.39 is 11.4 Å². The van der Waals surface area contributed by atoms with Crippen LogP contribution in [0.4, 0.5) is 4.79 Å². The minimum absolute atomic E-state index is 0.246. The van der Waals surface area contributed by atoms with Gasteiger partial charge in [0, 0.05) is 12.6 Å². The molecule has 19 heavy (non-hydrogen) atoms. The molecule has 0 aliphatic heterocycles. The lowest BCUT2D eigenvalue weighted by molar-refractivity contribution is -0.148. The Balaban J connectivity index is 2.70. The van der Waals surface area contributed by atoms with E-state index in [1.807, 2.05) is 6.92 Å². The first-order valence-electron chi connectivity index (χ1n) is 6.68. The van der Waals surface area contributed by atoms with Crippen molar-refractivity contribution in [3.05, 3.63) is 0 Å². The predicted octanol–water partition coefficient (Wildman–Crippen LogP) is 1.68. The molecule has 5 heteroatoms. The Labute approximate surface area is 114 Å². The summed E-state index contributed by atoms with van der Waals surface area (Å²) in [4.78, 5) is 25.0. The van der Waals surface area contributed by atoms with Gasteiger partial charge in [0.2, 0.25) is 0 Å². The van der Waals surface area contributed by atoms with Gasteiger partial charge in [0.25, 0.3) is 0 Å². The number of urea groups is 1. The van der Waals surface area contributed by atoms with Gasteiger partial charge in [0.1, 0.15) is 0 Å². The molecule has 0 spiro atoms. The van der Waals surface area contributed by atoms with E-state index in [1.54, 1.807) is 11.8 Å². The normalized spacial score (nSPS) is 25.6. The topological polar surface area (TPSA) is 69.6 Å². The lowest BCUT2D eigenvalue weighted by atomic mass is 9.85. The maximum atomic E-state index is 12.1. The molecule has 1 saturated carbocycles. The second kappa shape index (κ2) is 6.46. The molecule has 2 amide bonds. The third kappa shape index (κ3) is 3.40. The maximum absolute atomic E-state index is 12.1. The van der Waals surface area contributed by atoms with E-state index in [4.69, 9.17) is 6.42 Å². The molecule has 0 radical (unpaired) electrons. The van der Waals surface area contributed by atoms with Crippen LogP contribution in [0.15, 0.2) is 0 Å². The number of hydrogen-bond donors (Lipinski definition) is 2. The average molecular weight is 266 g/mol. The van der Waals surface area contributed by atoms with Gasteiger partial charge in [0.15, 0.2) is 0 Å². The zero-order valence-corrected chi connectivity index (χ0v) is 11.6. The molecule has 1 aliphatic carbocycles. The zero-order valence-electron chi connectivity index (χ0n) is 11.6. The molecule has 0 saturated heterocycles. The number of carbonyl (C=O) groups excluding carboxylic acids is 1. The van der Waals surface area contributed by atoms with Crippen LogP contribution in [0, 0.1) is 17.8 Å². The summed E-state index contributed by atoms with van der Waals surface area (Å²) in [5.74, 6) is 1.60. The first-order valence-corrected chi connectivity index (χ1v) is 6.68. The van der Waals surface area contributed by atoms with Gasteiger partial charge in [-0.3, -0.25) is 4.79 Å². The summed E-state index contributed by atoms with van der Waals surface area (Å²) in [6.45, 7) is 4.48. The van der Waals surface area contributed by atoms with Crippen molar-refractivity contribution in [1.29, 1.82) is 0 Å². The number of carbonyl (C=O) groups is 2. The van der Waals surface area contributed by atoms with Gasteiger partial charge in [-0.1, -0.05) is 19.3 Å². The lowest BCUT2D eigenvalue weighted by Gasteiger charge is -2.30. The van der Waals surface area contributed by atoms with Crippen molar-refractivity contribution >= 4 is 12.0 Å². The van der Waals surface area contributed by atoms with Crippen molar-refractivity contribution in [2.24, 2.45) is 5.41 Å². The van der Waals surface area contributed by atoms with Gasteiger partial charge >= 0.3 is 12.0 Å². The smallest absolute Gasteiger partial charge is 0.318 e. The zero-order chi connectivity index (χ0) is 14.5. The van der Waals surface area contributed by atoms with Gasteiger partial charge in [-0.2, -0.15) is 0 Å². The Morgan fingerprint density at radius 3 is 2.79 bits per heavy atom.